The summed E-state index contributed by atoms with van der Waals surface area (Å²) in [5.74, 6) is 0.584. The van der Waals surface area contributed by atoms with Crippen molar-refractivity contribution in [1.82, 2.24) is 9.38 Å². The van der Waals surface area contributed by atoms with Gasteiger partial charge in [0.15, 0.2) is 0 Å². The molecule has 0 saturated heterocycles. The van der Waals surface area contributed by atoms with Crippen LogP contribution in [0.5, 0.6) is 0 Å². The van der Waals surface area contributed by atoms with Gasteiger partial charge in [0.25, 0.3) is 0 Å². The first kappa shape index (κ1) is 7.88. The second-order valence-corrected chi connectivity index (χ2v) is 2.12. The van der Waals surface area contributed by atoms with Crippen LogP contribution in [0, 0.1) is 0 Å². The lowest BCUT2D eigenvalue weighted by Crippen LogP contribution is -1.84. The summed E-state index contributed by atoms with van der Waals surface area (Å²) in [6.45, 7) is 0. The standard InChI is InChI=1S/C7H7N3.ClH/c8-7-6-3-1-2-4-10(6)5-9-7;/h1-5H,8H2;1H. The lowest BCUT2D eigenvalue weighted by molar-refractivity contribution is 1.15. The van der Waals surface area contributed by atoms with Gasteiger partial charge in [-0.15, -0.1) is 12.4 Å². The minimum atomic E-state index is 0. The zero-order chi connectivity index (χ0) is 6.97. The third-order valence-corrected chi connectivity index (χ3v) is 1.47. The van der Waals surface area contributed by atoms with Crippen LogP contribution < -0.4 is 5.73 Å². The molecule has 0 amide bonds. The monoisotopic (exact) mass is 169 g/mol. The van der Waals surface area contributed by atoms with Crippen molar-refractivity contribution in [3.8, 4) is 0 Å². The maximum atomic E-state index is 5.54. The molecular weight excluding hydrogens is 162 g/mol. The Morgan fingerprint density at radius 3 is 2.91 bits per heavy atom. The van der Waals surface area contributed by atoms with Crippen molar-refractivity contribution in [2.75, 3.05) is 5.73 Å². The number of rotatable bonds is 0. The van der Waals surface area contributed by atoms with Crippen LogP contribution in [0.4, 0.5) is 5.82 Å². The van der Waals surface area contributed by atoms with E-state index in [2.05, 4.69) is 4.98 Å². The van der Waals surface area contributed by atoms with Gasteiger partial charge in [0.05, 0.1) is 5.52 Å². The van der Waals surface area contributed by atoms with Crippen LogP contribution in [0.1, 0.15) is 0 Å². The SMILES string of the molecule is Cl.Nc1ncn2ccccc12. The third-order valence-electron chi connectivity index (χ3n) is 1.47. The predicted molar refractivity (Wildman–Crippen MR) is 46.9 cm³/mol. The Morgan fingerprint density at radius 1 is 1.36 bits per heavy atom. The van der Waals surface area contributed by atoms with Crippen LogP contribution in [0.3, 0.4) is 0 Å². The van der Waals surface area contributed by atoms with Gasteiger partial charge in [-0.25, -0.2) is 4.98 Å². The van der Waals surface area contributed by atoms with Gasteiger partial charge >= 0.3 is 0 Å². The second-order valence-electron chi connectivity index (χ2n) is 2.12. The van der Waals surface area contributed by atoms with E-state index in [1.54, 1.807) is 6.33 Å². The van der Waals surface area contributed by atoms with Gasteiger partial charge in [-0.05, 0) is 12.1 Å². The molecule has 0 aliphatic carbocycles. The molecule has 2 rings (SSSR count). The number of nitrogens with zero attached hydrogens (tertiary/aromatic N) is 2. The zero-order valence-electron chi connectivity index (χ0n) is 5.77. The fourth-order valence-corrected chi connectivity index (χ4v) is 0.964. The van der Waals surface area contributed by atoms with Crippen molar-refractivity contribution < 1.29 is 0 Å². The maximum Gasteiger partial charge on any atom is 0.149 e. The fourth-order valence-electron chi connectivity index (χ4n) is 0.964. The molecule has 0 aliphatic rings. The molecule has 2 N–H and O–H groups in total. The van der Waals surface area contributed by atoms with Crippen molar-refractivity contribution in [3.63, 3.8) is 0 Å². The summed E-state index contributed by atoms with van der Waals surface area (Å²) in [4.78, 5) is 3.94. The molecule has 0 radical (unpaired) electrons. The normalized spacial score (nSPS) is 9.45. The molecule has 0 saturated carbocycles. The highest BCUT2D eigenvalue weighted by Crippen LogP contribution is 2.08. The van der Waals surface area contributed by atoms with Gasteiger partial charge < -0.3 is 10.1 Å². The Balaban J connectivity index is 0.000000605. The first-order chi connectivity index (χ1) is 4.88. The topological polar surface area (TPSA) is 43.3 Å². The van der Waals surface area contributed by atoms with Gasteiger partial charge in [0.1, 0.15) is 12.1 Å². The molecule has 58 valence electrons. The molecule has 0 unspecified atom stereocenters. The molecule has 3 nitrogen and oxygen atoms in total. The largest absolute Gasteiger partial charge is 0.382 e. The number of anilines is 1. The molecule has 11 heavy (non-hydrogen) atoms. The average molecular weight is 170 g/mol. The molecule has 2 aromatic heterocycles. The molecule has 0 aromatic carbocycles. The lowest BCUT2D eigenvalue weighted by atomic mass is 10.4. The first-order valence-electron chi connectivity index (χ1n) is 3.05. The lowest BCUT2D eigenvalue weighted by Gasteiger charge is -1.89. The highest BCUT2D eigenvalue weighted by Gasteiger charge is 1.94. The highest BCUT2D eigenvalue weighted by atomic mass is 35.5. The van der Waals surface area contributed by atoms with E-state index in [9.17, 15) is 0 Å². The number of hydrogen-bond donors (Lipinski definition) is 1. The van der Waals surface area contributed by atoms with Crippen LogP contribution in [-0.2, 0) is 0 Å². The van der Waals surface area contributed by atoms with Crippen LogP contribution in [-0.4, -0.2) is 9.38 Å². The van der Waals surface area contributed by atoms with Crippen LogP contribution >= 0.6 is 12.4 Å². The van der Waals surface area contributed by atoms with Crippen LogP contribution in [0.15, 0.2) is 30.7 Å². The fraction of sp³-hybridized carbons (Fsp3) is 0. The Bertz CT molecular complexity index is 355. The number of nitrogens with two attached hydrogens (primary N) is 1. The summed E-state index contributed by atoms with van der Waals surface area (Å²) in [5, 5.41) is 0. The Hall–Kier alpha value is -1.22. The van der Waals surface area contributed by atoms with E-state index >= 15 is 0 Å². The Labute approximate surface area is 70.3 Å². The Kier molecular flexibility index (Phi) is 2.01. The molecule has 4 heteroatoms. The number of pyridine rings is 1. The minimum Gasteiger partial charge on any atom is -0.382 e. The quantitative estimate of drug-likeness (QED) is 0.647. The van der Waals surface area contributed by atoms with E-state index in [4.69, 9.17) is 5.73 Å². The molecule has 0 fully saturated rings. The van der Waals surface area contributed by atoms with Crippen LogP contribution in [0.2, 0.25) is 0 Å². The predicted octanol–water partition coefficient (Wildman–Crippen LogP) is 1.34. The molecule has 0 atom stereocenters. The van der Waals surface area contributed by atoms with Crippen molar-refractivity contribution in [1.29, 1.82) is 0 Å². The summed E-state index contributed by atoms with van der Waals surface area (Å²) >= 11 is 0. The van der Waals surface area contributed by atoms with Crippen molar-refractivity contribution in [2.45, 2.75) is 0 Å². The van der Waals surface area contributed by atoms with Gasteiger partial charge in [-0.1, -0.05) is 6.07 Å². The maximum absolute atomic E-state index is 5.54. The first-order valence-corrected chi connectivity index (χ1v) is 3.05. The second kappa shape index (κ2) is 2.80. The van der Waals surface area contributed by atoms with Crippen LogP contribution in [0.25, 0.3) is 5.52 Å². The summed E-state index contributed by atoms with van der Waals surface area (Å²) in [6, 6.07) is 5.81. The number of nitrogen functional groups attached to an aromatic ring is 1. The van der Waals surface area contributed by atoms with E-state index in [0.29, 0.717) is 5.82 Å². The van der Waals surface area contributed by atoms with E-state index in [1.165, 1.54) is 0 Å². The molecule has 2 heterocycles. The van der Waals surface area contributed by atoms with Crippen molar-refractivity contribution in [3.05, 3.63) is 30.7 Å². The molecule has 2 aromatic rings. The van der Waals surface area contributed by atoms with Gasteiger partial charge in [-0.2, -0.15) is 0 Å². The average Bonchev–Trinajstić information content (AvgIpc) is 2.34. The number of halogens is 1. The number of aromatic nitrogens is 2. The van der Waals surface area contributed by atoms with Gasteiger partial charge in [0.2, 0.25) is 0 Å². The van der Waals surface area contributed by atoms with Crippen molar-refractivity contribution >= 4 is 23.7 Å². The number of hydrogen-bond acceptors (Lipinski definition) is 2. The zero-order valence-corrected chi connectivity index (χ0v) is 6.58. The molecular formula is C7H8ClN3. The molecule has 0 bridgehead atoms. The summed E-state index contributed by atoms with van der Waals surface area (Å²) in [5.41, 5.74) is 6.50. The third kappa shape index (κ3) is 1.14. The smallest absolute Gasteiger partial charge is 0.149 e. The van der Waals surface area contributed by atoms with E-state index in [0.717, 1.165) is 5.52 Å². The number of fused-ring (bicyclic) bond motifs is 1. The van der Waals surface area contributed by atoms with Gasteiger partial charge in [0, 0.05) is 6.20 Å². The van der Waals surface area contributed by atoms with E-state index in [-0.39, 0.29) is 12.4 Å². The van der Waals surface area contributed by atoms with E-state index in [1.807, 2.05) is 28.8 Å². The highest BCUT2D eigenvalue weighted by molar-refractivity contribution is 5.85. The number of imidazole rings is 1. The van der Waals surface area contributed by atoms with Crippen molar-refractivity contribution in [2.24, 2.45) is 0 Å². The molecule has 0 aliphatic heterocycles. The molecule has 0 spiro atoms. The Morgan fingerprint density at radius 2 is 2.18 bits per heavy atom. The van der Waals surface area contributed by atoms with E-state index < -0.39 is 0 Å². The van der Waals surface area contributed by atoms with Gasteiger partial charge in [-0.3, -0.25) is 0 Å². The summed E-state index contributed by atoms with van der Waals surface area (Å²) in [6.07, 6.45) is 3.61. The summed E-state index contributed by atoms with van der Waals surface area (Å²) in [7, 11) is 0. The minimum absolute atomic E-state index is 0. The summed E-state index contributed by atoms with van der Waals surface area (Å²) < 4.78 is 1.88.